The molecule has 2 aromatic rings. The molecule has 0 saturated carbocycles. The molecule has 132 valence electrons. The van der Waals surface area contributed by atoms with E-state index in [1.807, 2.05) is 18.2 Å². The Bertz CT molecular complexity index is 770. The largest absolute Gasteiger partial charge is 0.486 e. The van der Waals surface area contributed by atoms with Crippen molar-refractivity contribution in [2.24, 2.45) is 0 Å². The van der Waals surface area contributed by atoms with Crippen molar-refractivity contribution in [1.29, 1.82) is 0 Å². The third kappa shape index (κ3) is 4.12. The Labute approximate surface area is 147 Å². The van der Waals surface area contributed by atoms with Gasteiger partial charge in [0.05, 0.1) is 5.56 Å². The summed E-state index contributed by atoms with van der Waals surface area (Å²) in [7, 11) is 0. The molecular formula is C20H23NO4. The summed E-state index contributed by atoms with van der Waals surface area (Å²) in [5.74, 6) is 0.689. The molecule has 5 nitrogen and oxygen atoms in total. The fraction of sp³-hybridized carbons (Fsp3) is 0.350. The van der Waals surface area contributed by atoms with E-state index in [2.05, 4.69) is 25.2 Å². The lowest BCUT2D eigenvalue weighted by Crippen LogP contribution is -2.32. The maximum Gasteiger partial charge on any atom is 0.335 e. The summed E-state index contributed by atoms with van der Waals surface area (Å²) in [5, 5.41) is 12.5. The number of ether oxygens (including phenoxy) is 2. The van der Waals surface area contributed by atoms with Crippen LogP contribution in [0.25, 0.3) is 0 Å². The van der Waals surface area contributed by atoms with E-state index in [1.54, 1.807) is 18.2 Å². The third-order valence-corrected chi connectivity index (χ3v) is 4.39. The zero-order valence-electron chi connectivity index (χ0n) is 14.5. The zero-order valence-corrected chi connectivity index (χ0v) is 14.5. The minimum atomic E-state index is -0.904. The summed E-state index contributed by atoms with van der Waals surface area (Å²) in [6, 6.07) is 13.1. The van der Waals surface area contributed by atoms with E-state index in [1.165, 1.54) is 5.56 Å². The lowest BCUT2D eigenvalue weighted by atomic mass is 9.84. The Morgan fingerprint density at radius 3 is 2.64 bits per heavy atom. The fourth-order valence-electron chi connectivity index (χ4n) is 2.90. The highest BCUT2D eigenvalue weighted by atomic mass is 16.6. The van der Waals surface area contributed by atoms with Crippen LogP contribution < -0.4 is 14.8 Å². The molecule has 0 bridgehead atoms. The van der Waals surface area contributed by atoms with Gasteiger partial charge in [0, 0.05) is 18.5 Å². The number of hydrogen-bond acceptors (Lipinski definition) is 4. The smallest absolute Gasteiger partial charge is 0.335 e. The molecule has 5 heteroatoms. The van der Waals surface area contributed by atoms with Crippen LogP contribution in [-0.4, -0.2) is 30.8 Å². The minimum Gasteiger partial charge on any atom is -0.486 e. The first kappa shape index (κ1) is 17.3. The van der Waals surface area contributed by atoms with Crippen LogP contribution in [0.4, 0.5) is 0 Å². The number of benzene rings is 2. The molecule has 0 saturated heterocycles. The quantitative estimate of drug-likeness (QED) is 0.844. The van der Waals surface area contributed by atoms with Gasteiger partial charge in [0.25, 0.3) is 0 Å². The van der Waals surface area contributed by atoms with Crippen molar-refractivity contribution in [1.82, 2.24) is 5.32 Å². The first-order chi connectivity index (χ1) is 12.0. The lowest BCUT2D eigenvalue weighted by molar-refractivity contribution is 0.0696. The molecule has 1 aliphatic heterocycles. The van der Waals surface area contributed by atoms with Crippen molar-refractivity contribution in [2.75, 3.05) is 19.8 Å². The van der Waals surface area contributed by atoms with Crippen LogP contribution in [0.5, 0.6) is 11.5 Å². The summed E-state index contributed by atoms with van der Waals surface area (Å²) < 4.78 is 11.2. The predicted octanol–water partition coefficient (Wildman–Crippen LogP) is 3.22. The molecule has 3 rings (SSSR count). The average molecular weight is 341 g/mol. The van der Waals surface area contributed by atoms with E-state index in [9.17, 15) is 4.79 Å². The molecule has 0 fully saturated rings. The van der Waals surface area contributed by atoms with Crippen molar-refractivity contribution >= 4 is 5.97 Å². The molecule has 0 radical (unpaired) electrons. The number of fused-ring (bicyclic) bond motifs is 1. The second kappa shape index (κ2) is 7.15. The van der Waals surface area contributed by atoms with Crippen LogP contribution >= 0.6 is 0 Å². The highest BCUT2D eigenvalue weighted by molar-refractivity contribution is 5.87. The lowest BCUT2D eigenvalue weighted by Gasteiger charge is -2.28. The van der Waals surface area contributed by atoms with E-state index in [-0.39, 0.29) is 5.41 Å². The van der Waals surface area contributed by atoms with E-state index in [4.69, 9.17) is 14.6 Å². The maximum atomic E-state index is 11.0. The van der Waals surface area contributed by atoms with Crippen molar-refractivity contribution in [3.8, 4) is 11.5 Å². The summed E-state index contributed by atoms with van der Waals surface area (Å²) in [4.78, 5) is 11.0. The summed E-state index contributed by atoms with van der Waals surface area (Å²) in [6.07, 6.45) is 0. The van der Waals surface area contributed by atoms with Gasteiger partial charge in [-0.05, 0) is 35.4 Å². The second-order valence-electron chi connectivity index (χ2n) is 6.85. The van der Waals surface area contributed by atoms with Gasteiger partial charge in [-0.3, -0.25) is 0 Å². The first-order valence-corrected chi connectivity index (χ1v) is 8.39. The topological polar surface area (TPSA) is 67.8 Å². The minimum absolute atomic E-state index is 0.0970. The SMILES string of the molecule is CC(C)(CNCc1cccc(C(=O)O)c1)c1ccc2c(c1)OCCO2. The van der Waals surface area contributed by atoms with Crippen molar-refractivity contribution in [3.63, 3.8) is 0 Å². The summed E-state index contributed by atoms with van der Waals surface area (Å²) in [6.45, 7) is 6.87. The molecule has 0 aliphatic carbocycles. The van der Waals surface area contributed by atoms with Gasteiger partial charge in [-0.2, -0.15) is 0 Å². The van der Waals surface area contributed by atoms with Gasteiger partial charge in [-0.25, -0.2) is 4.79 Å². The number of carboxylic acid groups (broad SMARTS) is 1. The van der Waals surface area contributed by atoms with Crippen LogP contribution in [0.1, 0.15) is 35.3 Å². The van der Waals surface area contributed by atoms with Crippen LogP contribution in [0, 0.1) is 0 Å². The van der Waals surface area contributed by atoms with E-state index < -0.39 is 5.97 Å². The molecule has 0 unspecified atom stereocenters. The van der Waals surface area contributed by atoms with Crippen molar-refractivity contribution < 1.29 is 19.4 Å². The molecule has 0 amide bonds. The van der Waals surface area contributed by atoms with Crippen LogP contribution in [0.15, 0.2) is 42.5 Å². The second-order valence-corrected chi connectivity index (χ2v) is 6.85. The van der Waals surface area contributed by atoms with Gasteiger partial charge in [0.2, 0.25) is 0 Å². The molecule has 0 atom stereocenters. The number of nitrogens with one attached hydrogen (secondary N) is 1. The molecule has 1 aliphatic rings. The van der Waals surface area contributed by atoms with Crippen LogP contribution in [-0.2, 0) is 12.0 Å². The number of carbonyl (C=O) groups is 1. The highest BCUT2D eigenvalue weighted by Gasteiger charge is 2.23. The first-order valence-electron chi connectivity index (χ1n) is 8.39. The summed E-state index contributed by atoms with van der Waals surface area (Å²) >= 11 is 0. The van der Waals surface area contributed by atoms with Gasteiger partial charge in [-0.15, -0.1) is 0 Å². The predicted molar refractivity (Wildman–Crippen MR) is 95.6 cm³/mol. The van der Waals surface area contributed by atoms with E-state index >= 15 is 0 Å². The zero-order chi connectivity index (χ0) is 17.9. The number of carboxylic acids is 1. The fourth-order valence-corrected chi connectivity index (χ4v) is 2.90. The van der Waals surface area contributed by atoms with Crippen molar-refractivity contribution in [3.05, 3.63) is 59.2 Å². The van der Waals surface area contributed by atoms with Gasteiger partial charge in [0.15, 0.2) is 11.5 Å². The van der Waals surface area contributed by atoms with Gasteiger partial charge < -0.3 is 19.9 Å². The maximum absolute atomic E-state index is 11.0. The number of rotatable bonds is 6. The standard InChI is InChI=1S/C20H23NO4/c1-20(2,16-6-7-17-18(11-16)25-9-8-24-17)13-21-12-14-4-3-5-15(10-14)19(22)23/h3-7,10-11,21H,8-9,12-13H2,1-2H3,(H,22,23). The Balaban J connectivity index is 1.64. The van der Waals surface area contributed by atoms with Gasteiger partial charge in [-0.1, -0.05) is 32.0 Å². The highest BCUT2D eigenvalue weighted by Crippen LogP contribution is 2.34. The molecule has 0 aromatic heterocycles. The Hall–Kier alpha value is -2.53. The molecule has 2 N–H and O–H groups in total. The average Bonchev–Trinajstić information content (AvgIpc) is 2.61. The van der Waals surface area contributed by atoms with Crippen LogP contribution in [0.3, 0.4) is 0 Å². The monoisotopic (exact) mass is 341 g/mol. The van der Waals surface area contributed by atoms with Crippen molar-refractivity contribution in [2.45, 2.75) is 25.8 Å². The van der Waals surface area contributed by atoms with Crippen LogP contribution in [0.2, 0.25) is 0 Å². The molecule has 1 heterocycles. The van der Waals surface area contributed by atoms with Gasteiger partial charge >= 0.3 is 5.97 Å². The Kier molecular flexibility index (Phi) is 4.95. The normalized spacial score (nSPS) is 13.5. The number of hydrogen-bond donors (Lipinski definition) is 2. The molecule has 0 spiro atoms. The molecular weight excluding hydrogens is 318 g/mol. The molecule has 25 heavy (non-hydrogen) atoms. The third-order valence-electron chi connectivity index (χ3n) is 4.39. The van der Waals surface area contributed by atoms with E-state index in [0.29, 0.717) is 25.3 Å². The van der Waals surface area contributed by atoms with E-state index in [0.717, 1.165) is 23.6 Å². The Morgan fingerprint density at radius 2 is 1.88 bits per heavy atom. The summed E-state index contributed by atoms with van der Waals surface area (Å²) in [5.41, 5.74) is 2.34. The molecule has 2 aromatic carbocycles. The Morgan fingerprint density at radius 1 is 1.12 bits per heavy atom. The van der Waals surface area contributed by atoms with Gasteiger partial charge in [0.1, 0.15) is 13.2 Å². The number of aromatic carboxylic acids is 1.